The smallest absolute Gasteiger partial charge is 0.321 e. The van der Waals surface area contributed by atoms with E-state index >= 15 is 0 Å². The number of halogens is 1. The lowest BCUT2D eigenvalue weighted by Crippen LogP contribution is -2.41. The van der Waals surface area contributed by atoms with Crippen LogP contribution in [0.4, 0.5) is 16.2 Å². The normalized spacial score (nSPS) is 9.67. The molecule has 0 spiro atoms. The van der Waals surface area contributed by atoms with Crippen molar-refractivity contribution in [3.63, 3.8) is 0 Å². The third-order valence-electron chi connectivity index (χ3n) is 2.32. The number of carbonyl (C=O) groups excluding carboxylic acids is 3. The predicted molar refractivity (Wildman–Crippen MR) is 81.5 cm³/mol. The topological polar surface area (TPSA) is 99.3 Å². The number of rotatable bonds is 5. The minimum Gasteiger partial charge on any atom is -0.374 e. The molecule has 1 aromatic rings. The lowest BCUT2D eigenvalue weighted by molar-refractivity contribution is -0.118. The minimum atomic E-state index is -0.553. The number of amides is 4. The van der Waals surface area contributed by atoms with Crippen LogP contribution in [0.2, 0.25) is 5.02 Å². The maximum atomic E-state index is 11.6. The second kappa shape index (κ2) is 8.11. The summed E-state index contributed by atoms with van der Waals surface area (Å²) < 4.78 is 0. The highest BCUT2D eigenvalue weighted by atomic mass is 35.5. The minimum absolute atomic E-state index is 0.120. The molecule has 7 nitrogen and oxygen atoms in total. The van der Waals surface area contributed by atoms with Gasteiger partial charge in [0.2, 0.25) is 11.8 Å². The SMILES string of the molecule is CCNC(=O)NC(=O)CNc1ccc(Cl)cc1NC(C)=O. The van der Waals surface area contributed by atoms with Gasteiger partial charge in [0, 0.05) is 18.5 Å². The maximum Gasteiger partial charge on any atom is 0.321 e. The van der Waals surface area contributed by atoms with Crippen molar-refractivity contribution in [1.29, 1.82) is 0 Å². The van der Waals surface area contributed by atoms with Gasteiger partial charge in [-0.2, -0.15) is 0 Å². The van der Waals surface area contributed by atoms with E-state index in [0.717, 1.165) is 0 Å². The van der Waals surface area contributed by atoms with Crippen LogP contribution in [0, 0.1) is 0 Å². The van der Waals surface area contributed by atoms with E-state index in [1.54, 1.807) is 25.1 Å². The molecule has 4 amide bonds. The lowest BCUT2D eigenvalue weighted by atomic mass is 10.2. The zero-order valence-electron chi connectivity index (χ0n) is 11.7. The Bertz CT molecular complexity index is 548. The van der Waals surface area contributed by atoms with E-state index in [1.807, 2.05) is 0 Å². The van der Waals surface area contributed by atoms with Crippen molar-refractivity contribution in [1.82, 2.24) is 10.6 Å². The monoisotopic (exact) mass is 312 g/mol. The molecule has 0 unspecified atom stereocenters. The Kier molecular flexibility index (Phi) is 6.48. The van der Waals surface area contributed by atoms with Crippen LogP contribution >= 0.6 is 11.6 Å². The molecule has 0 heterocycles. The van der Waals surface area contributed by atoms with Gasteiger partial charge in [0.1, 0.15) is 0 Å². The molecule has 21 heavy (non-hydrogen) atoms. The first-order chi connectivity index (χ1) is 9.92. The molecule has 0 radical (unpaired) electrons. The predicted octanol–water partition coefficient (Wildman–Crippen LogP) is 1.56. The molecule has 1 aromatic carbocycles. The number of hydrogen-bond acceptors (Lipinski definition) is 4. The second-order valence-electron chi connectivity index (χ2n) is 4.13. The van der Waals surface area contributed by atoms with Gasteiger partial charge in [-0.3, -0.25) is 14.9 Å². The molecule has 0 saturated heterocycles. The van der Waals surface area contributed by atoms with Crippen molar-refractivity contribution in [2.45, 2.75) is 13.8 Å². The molecule has 4 N–H and O–H groups in total. The van der Waals surface area contributed by atoms with E-state index < -0.39 is 11.9 Å². The van der Waals surface area contributed by atoms with Gasteiger partial charge in [0.15, 0.2) is 0 Å². The van der Waals surface area contributed by atoms with Crippen LogP contribution in [0.15, 0.2) is 18.2 Å². The summed E-state index contributed by atoms with van der Waals surface area (Å²) in [7, 11) is 0. The molecule has 0 fully saturated rings. The van der Waals surface area contributed by atoms with E-state index in [0.29, 0.717) is 22.9 Å². The Morgan fingerprint density at radius 2 is 1.90 bits per heavy atom. The number of carbonyl (C=O) groups is 3. The molecule has 0 bridgehead atoms. The molecule has 0 aromatic heterocycles. The van der Waals surface area contributed by atoms with Crippen LogP contribution in [0.5, 0.6) is 0 Å². The first-order valence-corrected chi connectivity index (χ1v) is 6.69. The van der Waals surface area contributed by atoms with E-state index in [-0.39, 0.29) is 12.5 Å². The van der Waals surface area contributed by atoms with Crippen LogP contribution in [0.25, 0.3) is 0 Å². The quantitative estimate of drug-likeness (QED) is 0.663. The van der Waals surface area contributed by atoms with Gasteiger partial charge in [0.05, 0.1) is 17.9 Å². The van der Waals surface area contributed by atoms with Gasteiger partial charge >= 0.3 is 6.03 Å². The van der Waals surface area contributed by atoms with Crippen molar-refractivity contribution in [3.05, 3.63) is 23.2 Å². The van der Waals surface area contributed by atoms with E-state index in [1.165, 1.54) is 6.92 Å². The number of benzene rings is 1. The van der Waals surface area contributed by atoms with Gasteiger partial charge < -0.3 is 16.0 Å². The Morgan fingerprint density at radius 3 is 2.52 bits per heavy atom. The standard InChI is InChI=1S/C13H17ClN4O3/c1-3-15-13(21)18-12(20)7-16-10-5-4-9(14)6-11(10)17-8(2)19/h4-6,16H,3,7H2,1-2H3,(H,17,19)(H2,15,18,20,21). The van der Waals surface area contributed by atoms with Crippen molar-refractivity contribution < 1.29 is 14.4 Å². The summed E-state index contributed by atoms with van der Waals surface area (Å²) in [5.41, 5.74) is 0.987. The lowest BCUT2D eigenvalue weighted by Gasteiger charge is -2.12. The summed E-state index contributed by atoms with van der Waals surface area (Å²) >= 11 is 5.86. The largest absolute Gasteiger partial charge is 0.374 e. The third kappa shape index (κ3) is 6.13. The van der Waals surface area contributed by atoms with Crippen molar-refractivity contribution in [2.75, 3.05) is 23.7 Å². The molecule has 114 valence electrons. The van der Waals surface area contributed by atoms with E-state index in [2.05, 4.69) is 21.3 Å². The summed E-state index contributed by atoms with van der Waals surface area (Å²) in [6.07, 6.45) is 0. The first kappa shape index (κ1) is 16.8. The van der Waals surface area contributed by atoms with Crippen molar-refractivity contribution in [3.8, 4) is 0 Å². The molecule has 0 saturated carbocycles. The highest BCUT2D eigenvalue weighted by Crippen LogP contribution is 2.25. The zero-order valence-corrected chi connectivity index (χ0v) is 12.5. The number of nitrogens with one attached hydrogen (secondary N) is 4. The van der Waals surface area contributed by atoms with Gasteiger partial charge in [-0.25, -0.2) is 4.79 Å². The molecule has 0 aliphatic heterocycles. The van der Waals surface area contributed by atoms with Crippen molar-refractivity contribution in [2.24, 2.45) is 0 Å². The second-order valence-corrected chi connectivity index (χ2v) is 4.57. The number of anilines is 2. The Hall–Kier alpha value is -2.28. The van der Waals surface area contributed by atoms with E-state index in [9.17, 15) is 14.4 Å². The highest BCUT2D eigenvalue weighted by molar-refractivity contribution is 6.31. The maximum absolute atomic E-state index is 11.6. The van der Waals surface area contributed by atoms with Crippen LogP contribution in [0.1, 0.15) is 13.8 Å². The van der Waals surface area contributed by atoms with E-state index in [4.69, 9.17) is 11.6 Å². The van der Waals surface area contributed by atoms with Gasteiger partial charge in [-0.15, -0.1) is 0 Å². The average Bonchev–Trinajstić information content (AvgIpc) is 2.37. The first-order valence-electron chi connectivity index (χ1n) is 6.31. The summed E-state index contributed by atoms with van der Waals surface area (Å²) in [5.74, 6) is -0.753. The molecule has 0 aliphatic rings. The van der Waals surface area contributed by atoms with Gasteiger partial charge in [-0.05, 0) is 25.1 Å². The van der Waals surface area contributed by atoms with Crippen LogP contribution in [-0.4, -0.2) is 30.9 Å². The van der Waals surface area contributed by atoms with Gasteiger partial charge in [-0.1, -0.05) is 11.6 Å². The summed E-state index contributed by atoms with van der Waals surface area (Å²) in [6.45, 7) is 3.42. The Morgan fingerprint density at radius 1 is 1.19 bits per heavy atom. The summed E-state index contributed by atoms with van der Waals surface area (Å²) in [6, 6.07) is 4.26. The van der Waals surface area contributed by atoms with Gasteiger partial charge in [0.25, 0.3) is 0 Å². The number of hydrogen-bond donors (Lipinski definition) is 4. The Balaban J connectivity index is 2.64. The summed E-state index contributed by atoms with van der Waals surface area (Å²) in [5, 5.41) is 10.5. The molecule has 8 heteroatoms. The van der Waals surface area contributed by atoms with Crippen LogP contribution in [0.3, 0.4) is 0 Å². The molecule has 0 aliphatic carbocycles. The fourth-order valence-corrected chi connectivity index (χ4v) is 1.69. The molecule has 0 atom stereocenters. The van der Waals surface area contributed by atoms with Crippen LogP contribution in [-0.2, 0) is 9.59 Å². The fourth-order valence-electron chi connectivity index (χ4n) is 1.51. The molecule has 1 rings (SSSR count). The molecular formula is C13H17ClN4O3. The highest BCUT2D eigenvalue weighted by Gasteiger charge is 2.09. The number of imide groups is 1. The molecular weight excluding hydrogens is 296 g/mol. The third-order valence-corrected chi connectivity index (χ3v) is 2.56. The Labute approximate surface area is 127 Å². The summed E-state index contributed by atoms with van der Waals surface area (Å²) in [4.78, 5) is 33.8. The fraction of sp³-hybridized carbons (Fsp3) is 0.308. The van der Waals surface area contributed by atoms with Crippen LogP contribution < -0.4 is 21.3 Å². The number of urea groups is 1. The average molecular weight is 313 g/mol. The zero-order chi connectivity index (χ0) is 15.8. The van der Waals surface area contributed by atoms with Crippen molar-refractivity contribution >= 4 is 40.8 Å².